The minimum Gasteiger partial charge on any atom is -0.462 e. The van der Waals surface area contributed by atoms with E-state index in [2.05, 4.69) is 47.6 Å². The smallest absolute Gasteiger partial charge is 0.136 e. The summed E-state index contributed by atoms with van der Waals surface area (Å²) in [5, 5.41) is 4.32. The van der Waals surface area contributed by atoms with Gasteiger partial charge < -0.3 is 14.6 Å². The molecule has 2 aromatic carbocycles. The SMILES string of the molecule is CNc1cccc(CN(C)c2coc3ccccc23)c1. The van der Waals surface area contributed by atoms with Crippen LogP contribution in [-0.4, -0.2) is 14.1 Å². The van der Waals surface area contributed by atoms with Gasteiger partial charge in [-0.2, -0.15) is 0 Å². The van der Waals surface area contributed by atoms with E-state index in [1.165, 1.54) is 5.56 Å². The van der Waals surface area contributed by atoms with Crippen LogP contribution in [0.1, 0.15) is 5.56 Å². The van der Waals surface area contributed by atoms with Crippen LogP contribution < -0.4 is 10.2 Å². The molecule has 0 radical (unpaired) electrons. The number of hydrogen-bond acceptors (Lipinski definition) is 3. The lowest BCUT2D eigenvalue weighted by Gasteiger charge is -2.18. The third kappa shape index (κ3) is 2.35. The van der Waals surface area contributed by atoms with Crippen LogP contribution in [0.5, 0.6) is 0 Å². The van der Waals surface area contributed by atoms with Gasteiger partial charge in [0.25, 0.3) is 0 Å². The van der Waals surface area contributed by atoms with Crippen LogP contribution >= 0.6 is 0 Å². The number of rotatable bonds is 4. The van der Waals surface area contributed by atoms with Gasteiger partial charge in [-0.25, -0.2) is 0 Å². The highest BCUT2D eigenvalue weighted by atomic mass is 16.3. The molecule has 3 heteroatoms. The van der Waals surface area contributed by atoms with E-state index in [0.29, 0.717) is 0 Å². The maximum Gasteiger partial charge on any atom is 0.136 e. The first kappa shape index (κ1) is 12.6. The molecule has 0 amide bonds. The number of furan rings is 1. The predicted molar refractivity (Wildman–Crippen MR) is 84.3 cm³/mol. The molecule has 0 atom stereocenters. The third-order valence-corrected chi connectivity index (χ3v) is 3.51. The van der Waals surface area contributed by atoms with E-state index in [0.717, 1.165) is 28.9 Å². The molecular weight excluding hydrogens is 248 g/mol. The molecule has 3 rings (SSSR count). The van der Waals surface area contributed by atoms with Gasteiger partial charge in [-0.05, 0) is 29.8 Å². The summed E-state index contributed by atoms with van der Waals surface area (Å²) in [6, 6.07) is 16.6. The second-order valence-electron chi connectivity index (χ2n) is 4.92. The zero-order chi connectivity index (χ0) is 13.9. The van der Waals surface area contributed by atoms with Crippen molar-refractivity contribution in [1.82, 2.24) is 0 Å². The molecule has 0 aliphatic rings. The Morgan fingerprint density at radius 1 is 1.10 bits per heavy atom. The van der Waals surface area contributed by atoms with Gasteiger partial charge in [0.2, 0.25) is 0 Å². The fourth-order valence-corrected chi connectivity index (χ4v) is 2.44. The van der Waals surface area contributed by atoms with Gasteiger partial charge in [0.15, 0.2) is 0 Å². The molecule has 0 unspecified atom stereocenters. The molecule has 0 fully saturated rings. The first-order valence-electron chi connectivity index (χ1n) is 6.72. The topological polar surface area (TPSA) is 28.4 Å². The van der Waals surface area contributed by atoms with E-state index in [4.69, 9.17) is 4.42 Å². The summed E-state index contributed by atoms with van der Waals surface area (Å²) in [7, 11) is 4.02. The number of para-hydroxylation sites is 1. The van der Waals surface area contributed by atoms with Crippen molar-refractivity contribution in [1.29, 1.82) is 0 Å². The summed E-state index contributed by atoms with van der Waals surface area (Å²) in [5.41, 5.74) is 4.45. The summed E-state index contributed by atoms with van der Waals surface area (Å²) in [6.07, 6.45) is 1.83. The number of nitrogens with one attached hydrogen (secondary N) is 1. The average molecular weight is 266 g/mol. The number of nitrogens with zero attached hydrogens (tertiary/aromatic N) is 1. The lowest BCUT2D eigenvalue weighted by Crippen LogP contribution is -2.15. The minimum absolute atomic E-state index is 0.846. The Morgan fingerprint density at radius 3 is 2.80 bits per heavy atom. The quantitative estimate of drug-likeness (QED) is 0.770. The highest BCUT2D eigenvalue weighted by Gasteiger charge is 2.10. The molecule has 102 valence electrons. The standard InChI is InChI=1S/C17H18N2O/c1-18-14-7-5-6-13(10-14)11-19(2)16-12-20-17-9-4-3-8-15(16)17/h3-10,12,18H,11H2,1-2H3. The second-order valence-corrected chi connectivity index (χ2v) is 4.92. The molecule has 20 heavy (non-hydrogen) atoms. The molecule has 0 aliphatic heterocycles. The summed E-state index contributed by atoms with van der Waals surface area (Å²) >= 11 is 0. The molecule has 0 saturated heterocycles. The third-order valence-electron chi connectivity index (χ3n) is 3.51. The Morgan fingerprint density at radius 2 is 1.95 bits per heavy atom. The molecule has 1 heterocycles. The Balaban J connectivity index is 1.87. The van der Waals surface area contributed by atoms with E-state index in [1.807, 2.05) is 31.5 Å². The maximum absolute atomic E-state index is 5.60. The number of benzene rings is 2. The van der Waals surface area contributed by atoms with Crippen LogP contribution in [0.2, 0.25) is 0 Å². The fourth-order valence-electron chi connectivity index (χ4n) is 2.44. The molecule has 3 nitrogen and oxygen atoms in total. The monoisotopic (exact) mass is 266 g/mol. The minimum atomic E-state index is 0.846. The van der Waals surface area contributed by atoms with Gasteiger partial charge in [0, 0.05) is 31.7 Å². The second kappa shape index (κ2) is 5.29. The maximum atomic E-state index is 5.60. The van der Waals surface area contributed by atoms with Crippen LogP contribution in [0.25, 0.3) is 11.0 Å². The van der Waals surface area contributed by atoms with Crippen molar-refractivity contribution in [3.63, 3.8) is 0 Å². The molecule has 1 aromatic heterocycles. The first-order valence-corrected chi connectivity index (χ1v) is 6.72. The lowest BCUT2D eigenvalue weighted by atomic mass is 10.1. The van der Waals surface area contributed by atoms with Crippen molar-refractivity contribution < 1.29 is 4.42 Å². The van der Waals surface area contributed by atoms with E-state index in [1.54, 1.807) is 0 Å². The summed E-state index contributed by atoms with van der Waals surface area (Å²) in [6.45, 7) is 0.846. The molecule has 0 spiro atoms. The van der Waals surface area contributed by atoms with Gasteiger partial charge in [-0.3, -0.25) is 0 Å². The van der Waals surface area contributed by atoms with Crippen LogP contribution in [0.4, 0.5) is 11.4 Å². The molecule has 0 aliphatic carbocycles. The van der Waals surface area contributed by atoms with E-state index in [9.17, 15) is 0 Å². The molecule has 3 aromatic rings. The predicted octanol–water partition coefficient (Wildman–Crippen LogP) is 4.11. The summed E-state index contributed by atoms with van der Waals surface area (Å²) in [4.78, 5) is 2.21. The van der Waals surface area contributed by atoms with Crippen molar-refractivity contribution in [3.8, 4) is 0 Å². The van der Waals surface area contributed by atoms with Crippen LogP contribution in [-0.2, 0) is 6.54 Å². The normalized spacial score (nSPS) is 10.7. The van der Waals surface area contributed by atoms with Gasteiger partial charge in [0.1, 0.15) is 11.8 Å². The zero-order valence-corrected chi connectivity index (χ0v) is 11.8. The number of fused-ring (bicyclic) bond motifs is 1. The van der Waals surface area contributed by atoms with E-state index < -0.39 is 0 Å². The van der Waals surface area contributed by atoms with Gasteiger partial charge in [0.05, 0.1) is 5.69 Å². The fraction of sp³-hybridized carbons (Fsp3) is 0.176. The van der Waals surface area contributed by atoms with E-state index >= 15 is 0 Å². The zero-order valence-electron chi connectivity index (χ0n) is 11.8. The Bertz CT molecular complexity index is 718. The highest BCUT2D eigenvalue weighted by Crippen LogP contribution is 2.29. The van der Waals surface area contributed by atoms with Crippen LogP contribution in [0, 0.1) is 0 Å². The Kier molecular flexibility index (Phi) is 3.33. The summed E-state index contributed by atoms with van der Waals surface area (Å²) < 4.78 is 5.60. The first-order chi connectivity index (χ1) is 9.78. The van der Waals surface area contributed by atoms with Crippen molar-refractivity contribution in [2.24, 2.45) is 0 Å². The molecular formula is C17H18N2O. The van der Waals surface area contributed by atoms with Crippen molar-refractivity contribution in [2.45, 2.75) is 6.54 Å². The van der Waals surface area contributed by atoms with Gasteiger partial charge in [-0.1, -0.05) is 24.3 Å². The molecule has 0 bridgehead atoms. The number of hydrogen-bond donors (Lipinski definition) is 1. The van der Waals surface area contributed by atoms with Crippen LogP contribution in [0.15, 0.2) is 59.2 Å². The highest BCUT2D eigenvalue weighted by molar-refractivity contribution is 5.90. The molecule has 1 N–H and O–H groups in total. The van der Waals surface area contributed by atoms with Crippen molar-refractivity contribution >= 4 is 22.3 Å². The van der Waals surface area contributed by atoms with Crippen LogP contribution in [0.3, 0.4) is 0 Å². The largest absolute Gasteiger partial charge is 0.462 e. The lowest BCUT2D eigenvalue weighted by molar-refractivity contribution is 0.614. The summed E-state index contributed by atoms with van der Waals surface area (Å²) in [5.74, 6) is 0. The number of anilines is 2. The Hall–Kier alpha value is -2.42. The average Bonchev–Trinajstić information content (AvgIpc) is 2.91. The molecule has 0 saturated carbocycles. The van der Waals surface area contributed by atoms with Gasteiger partial charge in [-0.15, -0.1) is 0 Å². The van der Waals surface area contributed by atoms with Gasteiger partial charge >= 0.3 is 0 Å². The Labute approximate surface area is 118 Å². The van der Waals surface area contributed by atoms with E-state index in [-0.39, 0.29) is 0 Å². The van der Waals surface area contributed by atoms with Crippen molar-refractivity contribution in [2.75, 3.05) is 24.3 Å². The van der Waals surface area contributed by atoms with Crippen molar-refractivity contribution in [3.05, 3.63) is 60.4 Å².